The Morgan fingerprint density at radius 2 is 1.83 bits per heavy atom. The van der Waals surface area contributed by atoms with E-state index in [-0.39, 0.29) is 5.91 Å². The summed E-state index contributed by atoms with van der Waals surface area (Å²) in [5, 5.41) is 2.90. The van der Waals surface area contributed by atoms with E-state index in [2.05, 4.69) is 41.1 Å². The normalized spacial score (nSPS) is 14.1. The minimum Gasteiger partial charge on any atom is -0.341 e. The number of aryl methyl sites for hydroxylation is 2. The second-order valence-electron chi connectivity index (χ2n) is 5.61. The van der Waals surface area contributed by atoms with Crippen molar-refractivity contribution >= 4 is 33.5 Å². The number of carbonyl (C=O) groups is 1. The number of rotatable bonds is 3. The van der Waals surface area contributed by atoms with Gasteiger partial charge in [-0.1, -0.05) is 0 Å². The number of amides is 1. The molecule has 0 atom stereocenters. The van der Waals surface area contributed by atoms with Crippen LogP contribution in [0.1, 0.15) is 34.6 Å². The lowest BCUT2D eigenvalue weighted by molar-refractivity contribution is 0.102. The Bertz CT molecular complexity index is 720. The van der Waals surface area contributed by atoms with E-state index in [9.17, 15) is 4.79 Å². The van der Waals surface area contributed by atoms with Gasteiger partial charge in [0.2, 0.25) is 5.95 Å². The van der Waals surface area contributed by atoms with E-state index in [1.54, 1.807) is 12.3 Å². The fourth-order valence-electron chi connectivity index (χ4n) is 2.66. The molecule has 1 amide bonds. The van der Waals surface area contributed by atoms with Crippen LogP contribution in [0.25, 0.3) is 0 Å². The SMILES string of the molecule is Cc1nc(N2CCCC2)nc(C)c1NC(=O)c1cncc(Br)c1. The van der Waals surface area contributed by atoms with Gasteiger partial charge in [0, 0.05) is 30.0 Å². The van der Waals surface area contributed by atoms with Gasteiger partial charge < -0.3 is 10.2 Å². The van der Waals surface area contributed by atoms with Crippen LogP contribution in [0.2, 0.25) is 0 Å². The largest absolute Gasteiger partial charge is 0.341 e. The van der Waals surface area contributed by atoms with Crippen LogP contribution in [0.15, 0.2) is 22.9 Å². The third-order valence-electron chi connectivity index (χ3n) is 3.85. The monoisotopic (exact) mass is 375 g/mol. The average Bonchev–Trinajstić information content (AvgIpc) is 3.05. The Morgan fingerprint density at radius 3 is 2.43 bits per heavy atom. The summed E-state index contributed by atoms with van der Waals surface area (Å²) in [6.07, 6.45) is 5.52. The van der Waals surface area contributed by atoms with Crippen molar-refractivity contribution in [3.05, 3.63) is 39.9 Å². The van der Waals surface area contributed by atoms with Gasteiger partial charge in [-0.05, 0) is 48.7 Å². The first-order valence-corrected chi connectivity index (χ1v) is 8.36. The molecule has 1 aliphatic heterocycles. The van der Waals surface area contributed by atoms with Crippen molar-refractivity contribution in [2.24, 2.45) is 0 Å². The van der Waals surface area contributed by atoms with Crippen LogP contribution in [0, 0.1) is 13.8 Å². The molecule has 3 rings (SSSR count). The summed E-state index contributed by atoms with van der Waals surface area (Å²) in [7, 11) is 0. The van der Waals surface area contributed by atoms with Gasteiger partial charge in [-0.25, -0.2) is 9.97 Å². The highest BCUT2D eigenvalue weighted by molar-refractivity contribution is 9.10. The molecule has 23 heavy (non-hydrogen) atoms. The molecule has 2 aromatic rings. The summed E-state index contributed by atoms with van der Waals surface area (Å²) in [6, 6.07) is 1.73. The zero-order valence-electron chi connectivity index (χ0n) is 13.1. The number of nitrogens with one attached hydrogen (secondary N) is 1. The molecular formula is C16H18BrN5O. The molecule has 1 N–H and O–H groups in total. The topological polar surface area (TPSA) is 71.0 Å². The van der Waals surface area contributed by atoms with Crippen molar-refractivity contribution < 1.29 is 4.79 Å². The van der Waals surface area contributed by atoms with Crippen molar-refractivity contribution in [2.45, 2.75) is 26.7 Å². The molecule has 0 aromatic carbocycles. The lowest BCUT2D eigenvalue weighted by Gasteiger charge is -2.18. The van der Waals surface area contributed by atoms with Crippen LogP contribution >= 0.6 is 15.9 Å². The number of pyridine rings is 1. The third kappa shape index (κ3) is 3.50. The van der Waals surface area contributed by atoms with Gasteiger partial charge in [-0.3, -0.25) is 9.78 Å². The van der Waals surface area contributed by atoms with Crippen molar-refractivity contribution in [1.82, 2.24) is 15.0 Å². The molecular weight excluding hydrogens is 358 g/mol. The molecule has 0 saturated carbocycles. The standard InChI is InChI=1S/C16H18BrN5O/c1-10-14(21-15(23)12-7-13(17)9-18-8-12)11(2)20-16(19-10)22-5-3-4-6-22/h7-9H,3-6H2,1-2H3,(H,21,23). The number of hydrogen-bond acceptors (Lipinski definition) is 5. The molecule has 1 saturated heterocycles. The maximum Gasteiger partial charge on any atom is 0.257 e. The molecule has 0 spiro atoms. The van der Waals surface area contributed by atoms with E-state index in [4.69, 9.17) is 0 Å². The smallest absolute Gasteiger partial charge is 0.257 e. The molecule has 0 radical (unpaired) electrons. The van der Waals surface area contributed by atoms with Crippen LogP contribution in [-0.4, -0.2) is 33.9 Å². The van der Waals surface area contributed by atoms with Crippen LogP contribution < -0.4 is 10.2 Å². The first-order valence-electron chi connectivity index (χ1n) is 7.56. The molecule has 120 valence electrons. The van der Waals surface area contributed by atoms with Gasteiger partial charge >= 0.3 is 0 Å². The van der Waals surface area contributed by atoms with Crippen LogP contribution in [0.4, 0.5) is 11.6 Å². The van der Waals surface area contributed by atoms with Crippen molar-refractivity contribution in [2.75, 3.05) is 23.3 Å². The Balaban J connectivity index is 1.84. The number of hydrogen-bond donors (Lipinski definition) is 1. The summed E-state index contributed by atoms with van der Waals surface area (Å²) < 4.78 is 0.763. The lowest BCUT2D eigenvalue weighted by atomic mass is 10.2. The first-order chi connectivity index (χ1) is 11.0. The van der Waals surface area contributed by atoms with Gasteiger partial charge in [0.25, 0.3) is 5.91 Å². The van der Waals surface area contributed by atoms with Crippen molar-refractivity contribution in [3.63, 3.8) is 0 Å². The summed E-state index contributed by atoms with van der Waals surface area (Å²) in [5.74, 6) is 0.530. The van der Waals surface area contributed by atoms with E-state index in [0.29, 0.717) is 11.3 Å². The molecule has 1 fully saturated rings. The number of carbonyl (C=O) groups excluding carboxylic acids is 1. The summed E-state index contributed by atoms with van der Waals surface area (Å²) in [4.78, 5) is 27.7. The second-order valence-corrected chi connectivity index (χ2v) is 6.53. The Kier molecular flexibility index (Phi) is 4.56. The fourth-order valence-corrected chi connectivity index (χ4v) is 3.02. The summed E-state index contributed by atoms with van der Waals surface area (Å²) in [6.45, 7) is 5.77. The molecule has 0 aliphatic carbocycles. The highest BCUT2D eigenvalue weighted by Crippen LogP contribution is 2.23. The Morgan fingerprint density at radius 1 is 1.17 bits per heavy atom. The van der Waals surface area contributed by atoms with E-state index >= 15 is 0 Å². The van der Waals surface area contributed by atoms with Crippen molar-refractivity contribution in [1.29, 1.82) is 0 Å². The predicted molar refractivity (Wildman–Crippen MR) is 92.8 cm³/mol. The Labute approximate surface area is 143 Å². The maximum absolute atomic E-state index is 12.4. The van der Waals surface area contributed by atoms with E-state index in [1.807, 2.05) is 13.8 Å². The molecule has 2 aromatic heterocycles. The zero-order chi connectivity index (χ0) is 16.4. The average molecular weight is 376 g/mol. The molecule has 1 aliphatic rings. The van der Waals surface area contributed by atoms with Crippen LogP contribution in [-0.2, 0) is 0 Å². The van der Waals surface area contributed by atoms with Gasteiger partial charge in [0.05, 0.1) is 22.6 Å². The molecule has 0 unspecified atom stereocenters. The van der Waals surface area contributed by atoms with Crippen LogP contribution in [0.5, 0.6) is 0 Å². The van der Waals surface area contributed by atoms with Crippen molar-refractivity contribution in [3.8, 4) is 0 Å². The third-order valence-corrected chi connectivity index (χ3v) is 4.29. The number of nitrogens with zero attached hydrogens (tertiary/aromatic N) is 4. The molecule has 0 bridgehead atoms. The summed E-state index contributed by atoms with van der Waals surface area (Å²) in [5.41, 5.74) is 2.70. The highest BCUT2D eigenvalue weighted by atomic mass is 79.9. The van der Waals surface area contributed by atoms with Gasteiger partial charge in [0.1, 0.15) is 0 Å². The fraction of sp³-hybridized carbons (Fsp3) is 0.375. The van der Waals surface area contributed by atoms with E-state index in [1.165, 1.54) is 19.0 Å². The zero-order valence-corrected chi connectivity index (χ0v) is 14.7. The van der Waals surface area contributed by atoms with Gasteiger partial charge in [-0.15, -0.1) is 0 Å². The van der Waals surface area contributed by atoms with Gasteiger partial charge in [-0.2, -0.15) is 0 Å². The number of aromatic nitrogens is 3. The lowest BCUT2D eigenvalue weighted by Crippen LogP contribution is -2.22. The molecule has 7 heteroatoms. The van der Waals surface area contributed by atoms with Crippen LogP contribution in [0.3, 0.4) is 0 Å². The first kappa shape index (κ1) is 15.9. The Hall–Kier alpha value is -2.02. The van der Waals surface area contributed by atoms with E-state index in [0.717, 1.165) is 34.9 Å². The second kappa shape index (κ2) is 6.62. The summed E-state index contributed by atoms with van der Waals surface area (Å²) >= 11 is 3.32. The number of anilines is 2. The minimum absolute atomic E-state index is 0.220. The highest BCUT2D eigenvalue weighted by Gasteiger charge is 2.18. The predicted octanol–water partition coefficient (Wildman–Crippen LogP) is 3.10. The van der Waals surface area contributed by atoms with Gasteiger partial charge in [0.15, 0.2) is 0 Å². The maximum atomic E-state index is 12.4. The minimum atomic E-state index is -0.220. The quantitative estimate of drug-likeness (QED) is 0.892. The van der Waals surface area contributed by atoms with E-state index < -0.39 is 0 Å². The number of halogens is 1. The molecule has 3 heterocycles. The molecule has 6 nitrogen and oxygen atoms in total.